The van der Waals surface area contributed by atoms with Crippen LogP contribution in [0.4, 0.5) is 20.5 Å². The highest BCUT2D eigenvalue weighted by atomic mass is 19.3. The molecule has 1 fully saturated rings. The first kappa shape index (κ1) is 19.7. The molecule has 0 amide bonds. The van der Waals surface area contributed by atoms with Gasteiger partial charge in [0.05, 0.1) is 24.8 Å². The second kappa shape index (κ2) is 8.80. The summed E-state index contributed by atoms with van der Waals surface area (Å²) in [5.41, 5.74) is -0.173. The lowest BCUT2D eigenvalue weighted by molar-refractivity contribution is -0.0503. The smallest absolute Gasteiger partial charge is 0.387 e. The van der Waals surface area contributed by atoms with Crippen LogP contribution in [0.5, 0.6) is 5.75 Å². The zero-order valence-electron chi connectivity index (χ0n) is 15.8. The second-order valence-corrected chi connectivity index (χ2v) is 6.79. The van der Waals surface area contributed by atoms with Crippen molar-refractivity contribution in [3.05, 3.63) is 59.5 Å². The minimum Gasteiger partial charge on any atom is -0.432 e. The number of nitrogens with zero attached hydrogens (tertiary/aromatic N) is 5. The lowest BCUT2D eigenvalue weighted by atomic mass is 10.2. The molecule has 30 heavy (non-hydrogen) atoms. The highest BCUT2D eigenvalue weighted by Crippen LogP contribution is 2.24. The van der Waals surface area contributed by atoms with Crippen LogP contribution in [-0.2, 0) is 0 Å². The van der Waals surface area contributed by atoms with Gasteiger partial charge in [-0.2, -0.15) is 8.78 Å². The Morgan fingerprint density at radius 2 is 1.77 bits per heavy atom. The van der Waals surface area contributed by atoms with E-state index in [0.717, 1.165) is 19.3 Å². The Morgan fingerprint density at radius 1 is 1.00 bits per heavy atom. The highest BCUT2D eigenvalue weighted by Gasteiger charge is 2.25. The number of hydrogen-bond donors (Lipinski definition) is 2. The van der Waals surface area contributed by atoms with Gasteiger partial charge in [0.15, 0.2) is 11.6 Å². The van der Waals surface area contributed by atoms with Gasteiger partial charge in [-0.1, -0.05) is 6.07 Å². The van der Waals surface area contributed by atoms with Crippen molar-refractivity contribution < 1.29 is 13.5 Å². The molecule has 0 unspecified atom stereocenters. The topological polar surface area (TPSA) is 107 Å². The molecule has 1 saturated carbocycles. The van der Waals surface area contributed by atoms with Crippen LogP contribution in [-0.4, -0.2) is 43.2 Å². The maximum absolute atomic E-state index is 12.2. The number of nitrogens with one attached hydrogen (secondary N) is 2. The predicted octanol–water partition coefficient (Wildman–Crippen LogP) is 2.46. The van der Waals surface area contributed by atoms with Crippen LogP contribution in [0.25, 0.3) is 5.82 Å². The summed E-state index contributed by atoms with van der Waals surface area (Å²) in [7, 11) is 0. The molecule has 1 aliphatic rings. The molecule has 3 aromatic rings. The Balaban J connectivity index is 1.31. The molecule has 0 aromatic carbocycles. The van der Waals surface area contributed by atoms with E-state index in [-0.39, 0.29) is 23.4 Å². The highest BCUT2D eigenvalue weighted by molar-refractivity contribution is 5.36. The summed E-state index contributed by atoms with van der Waals surface area (Å²) < 4.78 is 30.0. The van der Waals surface area contributed by atoms with Crippen LogP contribution < -0.4 is 20.9 Å². The first-order valence-corrected chi connectivity index (χ1v) is 9.37. The summed E-state index contributed by atoms with van der Waals surface area (Å²) in [6.07, 6.45) is 9.81. The predicted molar refractivity (Wildman–Crippen MR) is 105 cm³/mol. The largest absolute Gasteiger partial charge is 0.432 e. The number of rotatable bonds is 7. The van der Waals surface area contributed by atoms with Gasteiger partial charge >= 0.3 is 6.61 Å². The Bertz CT molecular complexity index is 1030. The summed E-state index contributed by atoms with van der Waals surface area (Å²) >= 11 is 0. The van der Waals surface area contributed by atoms with E-state index in [4.69, 9.17) is 0 Å². The van der Waals surface area contributed by atoms with Gasteiger partial charge in [-0.25, -0.2) is 19.9 Å². The van der Waals surface area contributed by atoms with Crippen LogP contribution in [0.2, 0.25) is 0 Å². The molecule has 0 saturated heterocycles. The number of pyridine rings is 1. The zero-order chi connectivity index (χ0) is 20.9. The molecule has 2 atom stereocenters. The molecule has 2 N–H and O–H groups in total. The van der Waals surface area contributed by atoms with E-state index in [9.17, 15) is 13.6 Å². The van der Waals surface area contributed by atoms with Crippen molar-refractivity contribution in [1.29, 1.82) is 0 Å². The summed E-state index contributed by atoms with van der Waals surface area (Å²) in [6.45, 7) is -2.90. The van der Waals surface area contributed by atoms with E-state index in [0.29, 0.717) is 17.6 Å². The summed E-state index contributed by atoms with van der Waals surface area (Å²) in [4.78, 5) is 28.5. The molecule has 11 heteroatoms. The van der Waals surface area contributed by atoms with Gasteiger partial charge in [0, 0.05) is 24.3 Å². The summed E-state index contributed by atoms with van der Waals surface area (Å²) in [6, 6.07) is 5.21. The summed E-state index contributed by atoms with van der Waals surface area (Å²) in [5.74, 6) is 1.35. The molecule has 9 nitrogen and oxygen atoms in total. The average molecular weight is 415 g/mol. The standard InChI is InChI=1S/C19H19F2N7O2/c20-18(21)30-14-8-24-19(25-9-14)27-13-5-4-12(7-13)26-15-10-23-16(11-22-15)28-6-2-1-3-17(28)29/h1-3,6,8-13,18H,4-5,7H2,(H,22,26)(H,24,25,27)/t12-,13-/m0/s1. The van der Waals surface area contributed by atoms with E-state index < -0.39 is 6.61 Å². The van der Waals surface area contributed by atoms with Gasteiger partial charge in [0.2, 0.25) is 5.95 Å². The van der Waals surface area contributed by atoms with Gasteiger partial charge in [-0.15, -0.1) is 0 Å². The average Bonchev–Trinajstić information content (AvgIpc) is 3.17. The minimum atomic E-state index is -2.90. The van der Waals surface area contributed by atoms with Crippen LogP contribution in [0, 0.1) is 0 Å². The van der Waals surface area contributed by atoms with Gasteiger partial charge in [0.25, 0.3) is 5.56 Å². The van der Waals surface area contributed by atoms with Gasteiger partial charge in [-0.05, 0) is 25.3 Å². The normalized spacial score (nSPS) is 18.4. The lowest BCUT2D eigenvalue weighted by Crippen LogP contribution is -2.22. The molecule has 1 aliphatic carbocycles. The van der Waals surface area contributed by atoms with Crippen molar-refractivity contribution in [1.82, 2.24) is 24.5 Å². The van der Waals surface area contributed by atoms with Crippen LogP contribution in [0.15, 0.2) is 54.0 Å². The van der Waals surface area contributed by atoms with E-state index in [2.05, 4.69) is 35.3 Å². The third-order valence-electron chi connectivity index (χ3n) is 4.68. The third-order valence-corrected chi connectivity index (χ3v) is 4.68. The Morgan fingerprint density at radius 3 is 2.43 bits per heavy atom. The summed E-state index contributed by atoms with van der Waals surface area (Å²) in [5, 5.41) is 6.53. The fraction of sp³-hybridized carbons (Fsp3) is 0.316. The number of ether oxygens (including phenoxy) is 1. The SMILES string of the molecule is O=c1ccccn1-c1cnc(N[C@H]2CC[C@H](Nc3ncc(OC(F)F)cn3)C2)cn1. The molecular formula is C19H19F2N7O2. The monoisotopic (exact) mass is 415 g/mol. The van der Waals surface area contributed by atoms with Crippen LogP contribution >= 0.6 is 0 Å². The maximum atomic E-state index is 12.2. The van der Waals surface area contributed by atoms with Crippen LogP contribution in [0.3, 0.4) is 0 Å². The maximum Gasteiger partial charge on any atom is 0.387 e. The fourth-order valence-corrected chi connectivity index (χ4v) is 3.33. The first-order chi connectivity index (χ1) is 14.6. The fourth-order valence-electron chi connectivity index (χ4n) is 3.33. The molecule has 0 aliphatic heterocycles. The number of alkyl halides is 2. The minimum absolute atomic E-state index is 0.0821. The van der Waals surface area contributed by atoms with Crippen molar-refractivity contribution in [2.24, 2.45) is 0 Å². The quantitative estimate of drug-likeness (QED) is 0.606. The van der Waals surface area contributed by atoms with Crippen molar-refractivity contribution in [3.8, 4) is 11.6 Å². The van der Waals surface area contributed by atoms with Crippen LogP contribution in [0.1, 0.15) is 19.3 Å². The van der Waals surface area contributed by atoms with Crippen molar-refractivity contribution in [2.75, 3.05) is 10.6 Å². The van der Waals surface area contributed by atoms with Gasteiger partial charge < -0.3 is 15.4 Å². The lowest BCUT2D eigenvalue weighted by Gasteiger charge is -2.15. The molecule has 0 radical (unpaired) electrons. The van der Waals surface area contributed by atoms with Crippen molar-refractivity contribution >= 4 is 11.8 Å². The van der Waals surface area contributed by atoms with E-state index >= 15 is 0 Å². The van der Waals surface area contributed by atoms with Crippen molar-refractivity contribution in [3.63, 3.8) is 0 Å². The van der Waals surface area contributed by atoms with Crippen molar-refractivity contribution in [2.45, 2.75) is 38.0 Å². The Hall–Kier alpha value is -3.63. The molecule has 0 spiro atoms. The molecule has 4 rings (SSSR count). The number of halogens is 2. The van der Waals surface area contributed by atoms with E-state index in [1.807, 2.05) is 0 Å². The van der Waals surface area contributed by atoms with E-state index in [1.54, 1.807) is 30.7 Å². The van der Waals surface area contributed by atoms with Gasteiger partial charge in [0.1, 0.15) is 5.82 Å². The third kappa shape index (κ3) is 4.85. The Kier molecular flexibility index (Phi) is 5.77. The zero-order valence-corrected chi connectivity index (χ0v) is 15.8. The molecule has 156 valence electrons. The van der Waals surface area contributed by atoms with E-state index in [1.165, 1.54) is 23.0 Å². The number of anilines is 2. The molecule has 3 heterocycles. The second-order valence-electron chi connectivity index (χ2n) is 6.79. The number of aromatic nitrogens is 5. The van der Waals surface area contributed by atoms with Gasteiger partial charge in [-0.3, -0.25) is 9.36 Å². The number of hydrogen-bond acceptors (Lipinski definition) is 8. The Labute approximate surface area is 170 Å². The first-order valence-electron chi connectivity index (χ1n) is 9.37. The molecular weight excluding hydrogens is 396 g/mol. The molecule has 0 bridgehead atoms. The molecule has 3 aromatic heterocycles.